The molecule has 1 aromatic heterocycles. The van der Waals surface area contributed by atoms with Crippen LogP contribution in [0.2, 0.25) is 0 Å². The summed E-state index contributed by atoms with van der Waals surface area (Å²) in [5.41, 5.74) is 3.68. The molecule has 0 saturated carbocycles. The molecule has 0 bridgehead atoms. The summed E-state index contributed by atoms with van der Waals surface area (Å²) in [6, 6.07) is 19.3. The summed E-state index contributed by atoms with van der Waals surface area (Å²) < 4.78 is 43.1. The largest absolute Gasteiger partial charge is 0.489 e. The summed E-state index contributed by atoms with van der Waals surface area (Å²) in [5, 5.41) is 3.97. The maximum Gasteiger partial charge on any atom is 0.417 e. The molecule has 0 saturated heterocycles. The van der Waals surface area contributed by atoms with Crippen LogP contribution >= 0.6 is 0 Å². The lowest BCUT2D eigenvalue weighted by Gasteiger charge is -2.07. The van der Waals surface area contributed by atoms with Gasteiger partial charge in [0.2, 0.25) is 0 Å². The van der Waals surface area contributed by atoms with E-state index < -0.39 is 11.7 Å². The lowest BCUT2D eigenvalue weighted by molar-refractivity contribution is -0.137. The fraction of sp³-hybridized carbons (Fsp3) is 0.100. The molecule has 0 aliphatic rings. The minimum absolute atomic E-state index is 0.224. The predicted octanol–water partition coefficient (Wildman–Crippen LogP) is 5.13. The second-order valence-corrected chi connectivity index (χ2v) is 5.64. The van der Waals surface area contributed by atoms with E-state index in [9.17, 15) is 13.2 Å². The second-order valence-electron chi connectivity index (χ2n) is 5.64. The average Bonchev–Trinajstić information content (AvgIpc) is 2.68. The van der Waals surface area contributed by atoms with Gasteiger partial charge in [0, 0.05) is 6.20 Å². The number of anilines is 1. The maximum absolute atomic E-state index is 12.5. The molecule has 4 nitrogen and oxygen atoms in total. The molecular weight excluding hydrogens is 355 g/mol. The van der Waals surface area contributed by atoms with Gasteiger partial charge in [-0.2, -0.15) is 18.3 Å². The molecule has 0 atom stereocenters. The molecule has 0 unspecified atom stereocenters. The van der Waals surface area contributed by atoms with Crippen molar-refractivity contribution in [1.82, 2.24) is 4.98 Å². The molecular formula is C20H16F3N3O. The van der Waals surface area contributed by atoms with Crippen LogP contribution in [0.25, 0.3) is 0 Å². The number of ether oxygens (including phenoxy) is 1. The van der Waals surface area contributed by atoms with Gasteiger partial charge in [0.05, 0.1) is 11.8 Å². The summed E-state index contributed by atoms with van der Waals surface area (Å²) in [6.07, 6.45) is -2.10. The quantitative estimate of drug-likeness (QED) is 0.483. The number of aromatic nitrogens is 1. The number of benzene rings is 2. The molecule has 1 heterocycles. The Morgan fingerprint density at radius 2 is 1.70 bits per heavy atom. The van der Waals surface area contributed by atoms with Crippen LogP contribution in [-0.4, -0.2) is 11.2 Å². The summed E-state index contributed by atoms with van der Waals surface area (Å²) in [7, 11) is 0. The first-order chi connectivity index (χ1) is 13.0. The lowest BCUT2D eigenvalue weighted by Crippen LogP contribution is -2.05. The number of hydrazone groups is 1. The van der Waals surface area contributed by atoms with Gasteiger partial charge >= 0.3 is 6.18 Å². The Morgan fingerprint density at radius 3 is 2.33 bits per heavy atom. The van der Waals surface area contributed by atoms with Crippen LogP contribution in [0.5, 0.6) is 5.75 Å². The number of alkyl halides is 3. The van der Waals surface area contributed by atoms with Crippen molar-refractivity contribution in [3.05, 3.63) is 89.6 Å². The zero-order valence-electron chi connectivity index (χ0n) is 14.1. The first-order valence-corrected chi connectivity index (χ1v) is 8.10. The van der Waals surface area contributed by atoms with Gasteiger partial charge in [0.1, 0.15) is 18.2 Å². The van der Waals surface area contributed by atoms with E-state index in [4.69, 9.17) is 4.74 Å². The number of rotatable bonds is 6. The molecule has 27 heavy (non-hydrogen) atoms. The first-order valence-electron chi connectivity index (χ1n) is 8.10. The highest BCUT2D eigenvalue weighted by atomic mass is 19.4. The topological polar surface area (TPSA) is 46.5 Å². The third-order valence-corrected chi connectivity index (χ3v) is 3.61. The molecule has 2 aromatic carbocycles. The summed E-state index contributed by atoms with van der Waals surface area (Å²) in [6.45, 7) is 0.482. The van der Waals surface area contributed by atoms with Crippen molar-refractivity contribution in [3.8, 4) is 5.75 Å². The molecule has 0 radical (unpaired) electrons. The van der Waals surface area contributed by atoms with Crippen molar-refractivity contribution in [3.63, 3.8) is 0 Å². The SMILES string of the molecule is FC(F)(F)c1ccc(N/N=C/c2ccc(OCc3ccccc3)cc2)nc1. The van der Waals surface area contributed by atoms with Crippen LogP contribution in [0, 0.1) is 0 Å². The van der Waals surface area contributed by atoms with Gasteiger partial charge in [-0.3, -0.25) is 5.43 Å². The van der Waals surface area contributed by atoms with Gasteiger partial charge in [-0.15, -0.1) is 0 Å². The molecule has 138 valence electrons. The summed E-state index contributed by atoms with van der Waals surface area (Å²) >= 11 is 0. The van der Waals surface area contributed by atoms with Gasteiger partial charge in [0.25, 0.3) is 0 Å². The Kier molecular flexibility index (Phi) is 5.71. The number of pyridine rings is 1. The number of hydrogen-bond acceptors (Lipinski definition) is 4. The Balaban J connectivity index is 1.52. The van der Waals surface area contributed by atoms with Gasteiger partial charge in [-0.1, -0.05) is 30.3 Å². The van der Waals surface area contributed by atoms with Crippen LogP contribution in [0.15, 0.2) is 78.0 Å². The maximum atomic E-state index is 12.5. The normalized spacial score (nSPS) is 11.5. The molecule has 0 aliphatic carbocycles. The van der Waals surface area contributed by atoms with E-state index in [1.165, 1.54) is 6.07 Å². The minimum atomic E-state index is -4.40. The van der Waals surface area contributed by atoms with Crippen molar-refractivity contribution in [1.29, 1.82) is 0 Å². The Labute approximate surface area is 154 Å². The van der Waals surface area contributed by atoms with Crippen LogP contribution in [0.3, 0.4) is 0 Å². The Hall–Kier alpha value is -3.35. The fourth-order valence-electron chi connectivity index (χ4n) is 2.19. The van der Waals surface area contributed by atoms with Crippen molar-refractivity contribution in [2.24, 2.45) is 5.10 Å². The Morgan fingerprint density at radius 1 is 0.963 bits per heavy atom. The monoisotopic (exact) mass is 371 g/mol. The van der Waals surface area contributed by atoms with Crippen LogP contribution in [-0.2, 0) is 12.8 Å². The molecule has 3 aromatic rings. The number of halogens is 3. The molecule has 0 fully saturated rings. The zero-order valence-corrected chi connectivity index (χ0v) is 14.1. The van der Waals surface area contributed by atoms with Gasteiger partial charge in [-0.25, -0.2) is 4.98 Å². The zero-order chi connectivity index (χ0) is 19.1. The van der Waals surface area contributed by atoms with E-state index in [1.54, 1.807) is 6.21 Å². The minimum Gasteiger partial charge on any atom is -0.489 e. The molecule has 0 amide bonds. The Bertz CT molecular complexity index is 877. The van der Waals surface area contributed by atoms with Crippen molar-refractivity contribution >= 4 is 12.0 Å². The van der Waals surface area contributed by atoms with Crippen LogP contribution in [0.4, 0.5) is 19.0 Å². The van der Waals surface area contributed by atoms with Gasteiger partial charge < -0.3 is 4.74 Å². The number of hydrogen-bond donors (Lipinski definition) is 1. The summed E-state index contributed by atoms with van der Waals surface area (Å²) in [4.78, 5) is 3.68. The standard InChI is InChI=1S/C20H16F3N3O/c21-20(22,23)17-8-11-19(24-13-17)26-25-12-15-6-9-18(10-7-15)27-14-16-4-2-1-3-5-16/h1-13H,14H2,(H,24,26)/b25-12+. The third-order valence-electron chi connectivity index (χ3n) is 3.61. The molecule has 7 heteroatoms. The lowest BCUT2D eigenvalue weighted by atomic mass is 10.2. The van der Waals surface area contributed by atoms with E-state index in [0.717, 1.165) is 29.1 Å². The van der Waals surface area contributed by atoms with E-state index in [1.807, 2.05) is 54.6 Å². The van der Waals surface area contributed by atoms with Crippen LogP contribution in [0.1, 0.15) is 16.7 Å². The van der Waals surface area contributed by atoms with Crippen molar-refractivity contribution < 1.29 is 17.9 Å². The molecule has 1 N–H and O–H groups in total. The van der Waals surface area contributed by atoms with Crippen LogP contribution < -0.4 is 10.2 Å². The molecule has 3 rings (SSSR count). The second kappa shape index (κ2) is 8.35. The van der Waals surface area contributed by atoms with E-state index in [-0.39, 0.29) is 5.82 Å². The number of nitrogens with one attached hydrogen (secondary N) is 1. The highest BCUT2D eigenvalue weighted by molar-refractivity contribution is 5.80. The third kappa shape index (κ3) is 5.57. The molecule has 0 aliphatic heterocycles. The highest BCUT2D eigenvalue weighted by Crippen LogP contribution is 2.28. The van der Waals surface area contributed by atoms with Crippen molar-refractivity contribution in [2.75, 3.05) is 5.43 Å². The predicted molar refractivity (Wildman–Crippen MR) is 97.7 cm³/mol. The first kappa shape index (κ1) is 18.4. The van der Waals surface area contributed by atoms with Crippen molar-refractivity contribution in [2.45, 2.75) is 12.8 Å². The number of nitrogens with zero attached hydrogens (tertiary/aromatic N) is 2. The molecule has 0 spiro atoms. The van der Waals surface area contributed by atoms with E-state index in [0.29, 0.717) is 6.61 Å². The van der Waals surface area contributed by atoms with E-state index >= 15 is 0 Å². The van der Waals surface area contributed by atoms with Gasteiger partial charge in [-0.05, 0) is 47.5 Å². The fourth-order valence-corrected chi connectivity index (χ4v) is 2.19. The smallest absolute Gasteiger partial charge is 0.417 e. The summed E-state index contributed by atoms with van der Waals surface area (Å²) in [5.74, 6) is 0.954. The van der Waals surface area contributed by atoms with Gasteiger partial charge in [0.15, 0.2) is 0 Å². The van der Waals surface area contributed by atoms with E-state index in [2.05, 4.69) is 15.5 Å². The highest BCUT2D eigenvalue weighted by Gasteiger charge is 2.30. The average molecular weight is 371 g/mol.